The van der Waals surface area contributed by atoms with Crippen molar-refractivity contribution in [2.45, 2.75) is 79.1 Å². The number of unbranched alkanes of at least 4 members (excludes halogenated alkanes) is 4. The predicted molar refractivity (Wildman–Crippen MR) is 170 cm³/mol. The molecule has 0 aromatic heterocycles. The third-order valence-electron chi connectivity index (χ3n) is 5.29. The molecule has 17 heteroatoms. The first-order valence-electron chi connectivity index (χ1n) is 15.7. The van der Waals surface area contributed by atoms with Crippen molar-refractivity contribution in [2.24, 2.45) is 0 Å². The molecule has 0 saturated heterocycles. The second-order valence-corrected chi connectivity index (χ2v) is 14.8. The van der Waals surface area contributed by atoms with Crippen LogP contribution < -0.4 is 0 Å². The van der Waals surface area contributed by atoms with E-state index < -0.39 is 67.8 Å². The van der Waals surface area contributed by atoms with Crippen LogP contribution in [0.3, 0.4) is 0 Å². The van der Waals surface area contributed by atoms with Gasteiger partial charge in [0, 0.05) is 0 Å². The molecule has 0 heterocycles. The fraction of sp³-hybridized carbons (Fsp3) is 0.500. The van der Waals surface area contributed by atoms with Gasteiger partial charge in [0.15, 0.2) is 0 Å². The van der Waals surface area contributed by atoms with E-state index >= 15 is 0 Å². The van der Waals surface area contributed by atoms with Crippen molar-refractivity contribution in [1.82, 2.24) is 0 Å². The van der Waals surface area contributed by atoms with E-state index in [4.69, 9.17) is 31.2 Å². The Bertz CT molecular complexity index is 1040. The van der Waals surface area contributed by atoms with Crippen molar-refractivity contribution < 1.29 is 69.6 Å². The third kappa shape index (κ3) is 24.3. The van der Waals surface area contributed by atoms with E-state index in [9.17, 15) is 38.4 Å². The fourth-order valence-corrected chi connectivity index (χ4v) is 7.06. The molecule has 0 aliphatic heterocycles. The van der Waals surface area contributed by atoms with Crippen molar-refractivity contribution >= 4 is 67.8 Å². The van der Waals surface area contributed by atoms with Gasteiger partial charge in [-0.05, 0) is 0 Å². The molecule has 0 amide bonds. The zero-order valence-electron chi connectivity index (χ0n) is 28.1. The van der Waals surface area contributed by atoms with Gasteiger partial charge in [-0.2, -0.15) is 0 Å². The van der Waals surface area contributed by atoms with Crippen molar-refractivity contribution in [2.75, 3.05) is 26.4 Å². The van der Waals surface area contributed by atoms with Gasteiger partial charge in [-0.25, -0.2) is 0 Å². The normalized spacial score (nSPS) is 11.3. The van der Waals surface area contributed by atoms with Crippen LogP contribution in [0.15, 0.2) is 48.6 Å². The van der Waals surface area contributed by atoms with Gasteiger partial charge in [-0.15, -0.1) is 0 Å². The second kappa shape index (κ2) is 27.5. The van der Waals surface area contributed by atoms with Gasteiger partial charge in [-0.3, -0.25) is 0 Å². The molecule has 0 aliphatic rings. The van der Waals surface area contributed by atoms with Gasteiger partial charge in [0.1, 0.15) is 0 Å². The molecule has 0 atom stereocenters. The summed E-state index contributed by atoms with van der Waals surface area (Å²) in [5, 5.41) is 0. The molecule has 0 fully saturated rings. The fourth-order valence-electron chi connectivity index (χ4n) is 2.76. The molecule has 272 valence electrons. The SMILES string of the molecule is CCCCOC(=O)/C=C\C(=O)[O][Sn]([O]C(=O)/C=C\C(=O)OCCCC)([O]C(=O)/C=C\C(=O)OCCCC)[O]C(=O)/C=C\C(=O)OCCCC. The number of carbonyl (C=O) groups is 8. The number of esters is 4. The first-order valence-corrected chi connectivity index (χ1v) is 20.4. The minimum atomic E-state index is -6.69. The van der Waals surface area contributed by atoms with Crippen LogP contribution in [0, 0.1) is 0 Å². The molecule has 0 bridgehead atoms. The first-order chi connectivity index (χ1) is 23.4. The summed E-state index contributed by atoms with van der Waals surface area (Å²) < 4.78 is 39.9. The van der Waals surface area contributed by atoms with E-state index in [-0.39, 0.29) is 26.4 Å². The van der Waals surface area contributed by atoms with Gasteiger partial charge < -0.3 is 0 Å². The van der Waals surface area contributed by atoms with Crippen LogP contribution in [-0.4, -0.2) is 94.2 Å². The molecular formula is C32H44O16Sn. The van der Waals surface area contributed by atoms with Crippen LogP contribution in [0.25, 0.3) is 0 Å². The Morgan fingerprint density at radius 1 is 0.347 bits per heavy atom. The van der Waals surface area contributed by atoms with Crippen LogP contribution in [0.5, 0.6) is 0 Å². The summed E-state index contributed by atoms with van der Waals surface area (Å²) in [6.45, 7) is 7.65. The molecule has 0 N–H and O–H groups in total. The average Bonchev–Trinajstić information content (AvgIpc) is 3.05. The first kappa shape index (κ1) is 44.5. The van der Waals surface area contributed by atoms with Crippen molar-refractivity contribution in [3.05, 3.63) is 48.6 Å². The summed E-state index contributed by atoms with van der Waals surface area (Å²) in [6, 6.07) is 0. The number of ether oxygens (including phenoxy) is 4. The molecule has 49 heavy (non-hydrogen) atoms. The van der Waals surface area contributed by atoms with E-state index in [1.54, 1.807) is 0 Å². The van der Waals surface area contributed by atoms with Gasteiger partial charge in [-0.1, -0.05) is 0 Å². The summed E-state index contributed by atoms with van der Waals surface area (Å²) in [5.74, 6) is -9.72. The van der Waals surface area contributed by atoms with Crippen LogP contribution in [0.4, 0.5) is 0 Å². The molecule has 0 aromatic rings. The third-order valence-corrected chi connectivity index (χ3v) is 10.4. The molecule has 0 spiro atoms. The number of hydrogen-bond donors (Lipinski definition) is 0. The Balaban J connectivity index is 6.44. The molecular weight excluding hydrogens is 759 g/mol. The van der Waals surface area contributed by atoms with Crippen molar-refractivity contribution in [3.63, 3.8) is 0 Å². The minimum absolute atomic E-state index is 0.0539. The zero-order valence-corrected chi connectivity index (χ0v) is 31.0. The second-order valence-electron chi connectivity index (χ2n) is 9.60. The Morgan fingerprint density at radius 3 is 0.714 bits per heavy atom. The quantitative estimate of drug-likeness (QED) is 0.0451. The van der Waals surface area contributed by atoms with E-state index in [2.05, 4.69) is 0 Å². The van der Waals surface area contributed by atoms with Gasteiger partial charge in [0.2, 0.25) is 0 Å². The topological polar surface area (TPSA) is 210 Å². The molecule has 0 aliphatic carbocycles. The molecule has 16 nitrogen and oxygen atoms in total. The zero-order chi connectivity index (χ0) is 36.9. The van der Waals surface area contributed by atoms with Crippen LogP contribution in [-0.2, 0) is 69.6 Å². The monoisotopic (exact) mass is 804 g/mol. The maximum absolute atomic E-state index is 12.8. The number of hydrogen-bond acceptors (Lipinski definition) is 16. The number of rotatable bonds is 24. The van der Waals surface area contributed by atoms with Gasteiger partial charge >= 0.3 is 291 Å². The Hall–Kier alpha value is -4.48. The van der Waals surface area contributed by atoms with Crippen LogP contribution >= 0.6 is 0 Å². The van der Waals surface area contributed by atoms with Gasteiger partial charge in [0.25, 0.3) is 0 Å². The van der Waals surface area contributed by atoms with Crippen LogP contribution in [0.2, 0.25) is 0 Å². The standard InChI is InChI=1S/4C8H12O4.Sn/c4*1-2-3-6-12-8(11)5-4-7(9)10;/h4*4-5H,2-3,6H2,1H3,(H,9,10);/q;;;;+4/p-4/b4*5-4-;. The van der Waals surface area contributed by atoms with E-state index in [0.717, 1.165) is 25.7 Å². The predicted octanol–water partition coefficient (Wildman–Crippen LogP) is 3.19. The molecule has 0 radical (unpaired) electrons. The molecule has 0 saturated carbocycles. The Kier molecular flexibility index (Phi) is 25.0. The molecule has 0 unspecified atom stereocenters. The molecule has 0 rings (SSSR count). The van der Waals surface area contributed by atoms with E-state index in [1.807, 2.05) is 27.7 Å². The van der Waals surface area contributed by atoms with Crippen molar-refractivity contribution in [1.29, 1.82) is 0 Å². The summed E-state index contributed by atoms with van der Waals surface area (Å²) in [6.07, 6.45) is 9.80. The van der Waals surface area contributed by atoms with Crippen molar-refractivity contribution in [3.8, 4) is 0 Å². The summed E-state index contributed by atoms with van der Waals surface area (Å²) in [5.41, 5.74) is 0. The maximum atomic E-state index is 12.8. The van der Waals surface area contributed by atoms with E-state index in [1.165, 1.54) is 0 Å². The van der Waals surface area contributed by atoms with Crippen LogP contribution in [0.1, 0.15) is 79.1 Å². The average molecular weight is 803 g/mol. The number of carbonyl (C=O) groups excluding carboxylic acids is 8. The summed E-state index contributed by atoms with van der Waals surface area (Å²) in [7, 11) is 0. The summed E-state index contributed by atoms with van der Waals surface area (Å²) in [4.78, 5) is 98.8. The van der Waals surface area contributed by atoms with E-state index in [0.29, 0.717) is 74.3 Å². The van der Waals surface area contributed by atoms with Gasteiger partial charge in [0.05, 0.1) is 0 Å². The summed E-state index contributed by atoms with van der Waals surface area (Å²) >= 11 is -6.69. The molecule has 0 aromatic carbocycles. The Morgan fingerprint density at radius 2 is 0.531 bits per heavy atom. The Labute approximate surface area is 290 Å².